The van der Waals surface area contributed by atoms with E-state index >= 15 is 0 Å². The Morgan fingerprint density at radius 3 is 2.00 bits per heavy atom. The van der Waals surface area contributed by atoms with E-state index in [0.29, 0.717) is 0 Å². The number of hydrogen-bond donors (Lipinski definition) is 1. The third-order valence-corrected chi connectivity index (χ3v) is 5.87. The molecule has 0 bridgehead atoms. The molecule has 0 aliphatic carbocycles. The van der Waals surface area contributed by atoms with Crippen LogP contribution in [0.15, 0.2) is 91.5 Å². The third kappa shape index (κ3) is 3.54. The van der Waals surface area contributed by atoms with Crippen molar-refractivity contribution in [1.29, 1.82) is 0 Å². The van der Waals surface area contributed by atoms with E-state index in [4.69, 9.17) is 0 Å². The number of nitrogens with zero attached hydrogens (tertiary/aromatic N) is 1. The van der Waals surface area contributed by atoms with Gasteiger partial charge in [0.05, 0.1) is 0 Å². The predicted molar refractivity (Wildman–Crippen MR) is 116 cm³/mol. The molecule has 1 atom stereocenters. The molecule has 1 N–H and O–H groups in total. The molecule has 1 fully saturated rings. The van der Waals surface area contributed by atoms with Gasteiger partial charge < -0.3 is 5.11 Å². The molecule has 0 amide bonds. The van der Waals surface area contributed by atoms with Gasteiger partial charge in [0.25, 0.3) is 0 Å². The summed E-state index contributed by atoms with van der Waals surface area (Å²) in [7, 11) is 0. The highest BCUT2D eigenvalue weighted by Gasteiger charge is 2.45. The summed E-state index contributed by atoms with van der Waals surface area (Å²) in [5, 5.41) is 12.1. The molecule has 2 nitrogen and oxygen atoms in total. The molecule has 2 heteroatoms. The lowest BCUT2D eigenvalue weighted by atomic mass is 9.79. The first kappa shape index (κ1) is 18.7. The van der Waals surface area contributed by atoms with Gasteiger partial charge in [0.2, 0.25) is 0 Å². The van der Waals surface area contributed by atoms with Crippen LogP contribution >= 0.6 is 0 Å². The van der Waals surface area contributed by atoms with Crippen molar-refractivity contribution >= 4 is 6.08 Å². The Morgan fingerprint density at radius 2 is 1.46 bits per heavy atom. The maximum Gasteiger partial charge on any atom is 0.130 e. The maximum absolute atomic E-state index is 12.1. The molecule has 28 heavy (non-hydrogen) atoms. The normalized spacial score (nSPS) is 17.5. The maximum atomic E-state index is 12.1. The molecular weight excluding hydrogens is 342 g/mol. The van der Waals surface area contributed by atoms with Gasteiger partial charge in [-0.3, -0.25) is 4.90 Å². The van der Waals surface area contributed by atoms with Gasteiger partial charge in [-0.05, 0) is 41.6 Å². The second-order valence-corrected chi connectivity index (χ2v) is 7.57. The molecule has 0 spiro atoms. The largest absolute Gasteiger partial charge is 0.379 e. The molecular formula is C26H27NO. The van der Waals surface area contributed by atoms with E-state index in [0.717, 1.165) is 42.6 Å². The smallest absolute Gasteiger partial charge is 0.130 e. The van der Waals surface area contributed by atoms with Gasteiger partial charge in [-0.15, -0.1) is 0 Å². The highest BCUT2D eigenvalue weighted by Crippen LogP contribution is 2.40. The summed E-state index contributed by atoms with van der Waals surface area (Å²) in [6, 6.07) is 28.8. The van der Waals surface area contributed by atoms with E-state index in [-0.39, 0.29) is 6.04 Å². The van der Waals surface area contributed by atoms with E-state index in [2.05, 4.69) is 35.7 Å². The van der Waals surface area contributed by atoms with E-state index in [9.17, 15) is 5.11 Å². The Bertz CT molecular complexity index is 863. The Morgan fingerprint density at radius 1 is 0.893 bits per heavy atom. The Hall–Kier alpha value is -2.68. The highest BCUT2D eigenvalue weighted by molar-refractivity contribution is 5.47. The highest BCUT2D eigenvalue weighted by atomic mass is 16.3. The first-order valence-corrected chi connectivity index (χ1v) is 10.0. The summed E-state index contributed by atoms with van der Waals surface area (Å²) in [5.41, 5.74) is 3.29. The van der Waals surface area contributed by atoms with Crippen molar-refractivity contribution in [3.8, 4) is 0 Å². The number of rotatable bonds is 6. The Kier molecular flexibility index (Phi) is 5.43. The number of likely N-dealkylation sites (tertiary alicyclic amines) is 1. The molecule has 0 unspecified atom stereocenters. The van der Waals surface area contributed by atoms with Crippen molar-refractivity contribution in [2.75, 3.05) is 6.54 Å². The van der Waals surface area contributed by atoms with E-state index in [1.807, 2.05) is 66.7 Å². The molecule has 1 aliphatic heterocycles. The fourth-order valence-electron chi connectivity index (χ4n) is 4.42. The third-order valence-electron chi connectivity index (χ3n) is 5.87. The molecule has 142 valence electrons. The van der Waals surface area contributed by atoms with Crippen LogP contribution in [-0.4, -0.2) is 22.6 Å². The van der Waals surface area contributed by atoms with Gasteiger partial charge in [0, 0.05) is 12.6 Å². The van der Waals surface area contributed by atoms with Crippen LogP contribution in [0.2, 0.25) is 0 Å². The van der Waals surface area contributed by atoms with Gasteiger partial charge >= 0.3 is 0 Å². The molecule has 0 aromatic heterocycles. The summed E-state index contributed by atoms with van der Waals surface area (Å²) in [5.74, 6) is 0. The lowest BCUT2D eigenvalue weighted by Crippen LogP contribution is -2.48. The first-order valence-electron chi connectivity index (χ1n) is 10.0. The zero-order chi connectivity index (χ0) is 19.4. The van der Waals surface area contributed by atoms with Crippen molar-refractivity contribution in [3.05, 3.63) is 114 Å². The quantitative estimate of drug-likeness (QED) is 0.643. The topological polar surface area (TPSA) is 23.5 Å². The molecule has 3 aromatic rings. The minimum absolute atomic E-state index is 0.0383. The number of hydrogen-bond acceptors (Lipinski definition) is 2. The fraction of sp³-hybridized carbons (Fsp3) is 0.231. The van der Waals surface area contributed by atoms with Crippen LogP contribution in [0.5, 0.6) is 0 Å². The lowest BCUT2D eigenvalue weighted by Gasteiger charge is -2.40. The summed E-state index contributed by atoms with van der Waals surface area (Å²) < 4.78 is 0. The van der Waals surface area contributed by atoms with Crippen LogP contribution in [0.25, 0.3) is 6.08 Å². The van der Waals surface area contributed by atoms with Crippen LogP contribution < -0.4 is 0 Å². The molecule has 4 rings (SSSR count). The SMILES string of the molecule is C=Cc1ccc(CN2CCC[C@H]2C(O)(c2ccccc2)c2ccccc2)cc1. The van der Waals surface area contributed by atoms with E-state index < -0.39 is 5.60 Å². The molecule has 1 heterocycles. The van der Waals surface area contributed by atoms with Gasteiger partial charge in [-0.2, -0.15) is 0 Å². The molecule has 1 aliphatic rings. The Labute approximate surface area is 167 Å². The number of benzene rings is 3. The molecule has 1 saturated heterocycles. The van der Waals surface area contributed by atoms with Crippen LogP contribution in [0.3, 0.4) is 0 Å². The minimum atomic E-state index is -1.03. The standard InChI is InChI=1S/C26H27NO/c1-2-21-15-17-22(18-16-21)20-27-19-9-14-25(27)26(28,23-10-5-3-6-11-23)24-12-7-4-8-13-24/h2-8,10-13,15-18,25,28H,1,9,14,19-20H2/t25-/m0/s1. The summed E-state index contributed by atoms with van der Waals surface area (Å²) in [6.45, 7) is 5.67. The first-order chi connectivity index (χ1) is 13.7. The predicted octanol–water partition coefficient (Wildman–Crippen LogP) is 5.23. The van der Waals surface area contributed by atoms with Crippen LogP contribution in [0.4, 0.5) is 0 Å². The monoisotopic (exact) mass is 369 g/mol. The second kappa shape index (κ2) is 8.14. The van der Waals surface area contributed by atoms with E-state index in [1.165, 1.54) is 5.56 Å². The lowest BCUT2D eigenvalue weighted by molar-refractivity contribution is -0.00653. The minimum Gasteiger partial charge on any atom is -0.379 e. The molecule has 0 radical (unpaired) electrons. The van der Waals surface area contributed by atoms with Crippen molar-refractivity contribution in [2.24, 2.45) is 0 Å². The number of aliphatic hydroxyl groups is 1. The van der Waals surface area contributed by atoms with Crippen molar-refractivity contribution in [2.45, 2.75) is 31.0 Å². The summed E-state index contributed by atoms with van der Waals surface area (Å²) in [6.07, 6.45) is 3.94. The van der Waals surface area contributed by atoms with Crippen LogP contribution in [-0.2, 0) is 12.1 Å². The van der Waals surface area contributed by atoms with Gasteiger partial charge in [-0.1, -0.05) is 97.6 Å². The fourth-order valence-corrected chi connectivity index (χ4v) is 4.42. The molecule has 3 aromatic carbocycles. The van der Waals surface area contributed by atoms with Gasteiger partial charge in [0.15, 0.2) is 0 Å². The Balaban J connectivity index is 1.69. The van der Waals surface area contributed by atoms with Crippen molar-refractivity contribution < 1.29 is 5.11 Å². The van der Waals surface area contributed by atoms with Crippen molar-refractivity contribution in [1.82, 2.24) is 4.90 Å². The second-order valence-electron chi connectivity index (χ2n) is 7.57. The van der Waals surface area contributed by atoms with Crippen LogP contribution in [0, 0.1) is 0 Å². The summed E-state index contributed by atoms with van der Waals surface area (Å²) in [4.78, 5) is 2.43. The summed E-state index contributed by atoms with van der Waals surface area (Å²) >= 11 is 0. The van der Waals surface area contributed by atoms with Gasteiger partial charge in [0.1, 0.15) is 5.60 Å². The van der Waals surface area contributed by atoms with Gasteiger partial charge in [-0.25, -0.2) is 0 Å². The average Bonchev–Trinajstić information content (AvgIpc) is 3.23. The average molecular weight is 370 g/mol. The zero-order valence-corrected chi connectivity index (χ0v) is 16.2. The van der Waals surface area contributed by atoms with Crippen molar-refractivity contribution in [3.63, 3.8) is 0 Å². The molecule has 0 saturated carbocycles. The van der Waals surface area contributed by atoms with Crippen LogP contribution in [0.1, 0.15) is 35.1 Å². The zero-order valence-electron chi connectivity index (χ0n) is 16.2. The van der Waals surface area contributed by atoms with E-state index in [1.54, 1.807) is 0 Å².